The van der Waals surface area contributed by atoms with E-state index in [-0.39, 0.29) is 39.3 Å². The number of fused-ring (bicyclic) bond motifs is 1. The second-order valence-corrected chi connectivity index (χ2v) is 9.26. The molecule has 0 atom stereocenters. The van der Waals surface area contributed by atoms with E-state index >= 15 is 0 Å². The molecule has 5 nitrogen and oxygen atoms in total. The molecule has 0 saturated carbocycles. The molecule has 1 heterocycles. The van der Waals surface area contributed by atoms with Gasteiger partial charge in [-0.2, -0.15) is 0 Å². The van der Waals surface area contributed by atoms with Crippen LogP contribution in [0.25, 0.3) is 0 Å². The third-order valence-corrected chi connectivity index (χ3v) is 7.19. The van der Waals surface area contributed by atoms with E-state index in [9.17, 15) is 17.6 Å². The smallest absolute Gasteiger partial charge is 0.338 e. The predicted molar refractivity (Wildman–Crippen MR) is 112 cm³/mol. The average Bonchev–Trinajstić information content (AvgIpc) is 3.08. The zero-order chi connectivity index (χ0) is 21.5. The highest BCUT2D eigenvalue weighted by Crippen LogP contribution is 2.33. The number of carbonyl (C=O) groups is 1. The number of anilines is 1. The molecule has 0 aromatic heterocycles. The van der Waals surface area contributed by atoms with Gasteiger partial charge in [0.1, 0.15) is 12.4 Å². The van der Waals surface area contributed by atoms with Crippen LogP contribution in [-0.2, 0) is 27.9 Å². The Bertz CT molecular complexity index is 1240. The summed E-state index contributed by atoms with van der Waals surface area (Å²) in [7, 11) is -4.22. The van der Waals surface area contributed by atoms with Crippen LogP contribution in [0.4, 0.5) is 10.1 Å². The van der Waals surface area contributed by atoms with E-state index in [4.69, 9.17) is 27.9 Å². The Balaban J connectivity index is 1.87. The quantitative estimate of drug-likeness (QED) is 0.485. The molecule has 0 unspecified atom stereocenters. The molecule has 0 spiro atoms. The highest BCUT2D eigenvalue weighted by atomic mass is 35.5. The van der Waals surface area contributed by atoms with E-state index in [0.29, 0.717) is 11.1 Å². The number of esters is 1. The minimum atomic E-state index is -4.22. The number of rotatable bonds is 5. The SMILES string of the molecule is O=C1OCc2ccc(N(Cc3c(Cl)cccc3Cl)S(=O)(=O)c3cccc(F)c3)cc21. The molecular weight excluding hydrogens is 452 g/mol. The summed E-state index contributed by atoms with van der Waals surface area (Å²) in [5.74, 6) is -1.23. The van der Waals surface area contributed by atoms with Crippen LogP contribution in [0, 0.1) is 5.82 Å². The molecule has 4 rings (SSSR count). The second-order valence-electron chi connectivity index (χ2n) is 6.59. The summed E-state index contributed by atoms with van der Waals surface area (Å²) in [6.07, 6.45) is 0. The third kappa shape index (κ3) is 3.76. The van der Waals surface area contributed by atoms with E-state index in [1.165, 1.54) is 18.2 Å². The number of benzene rings is 3. The maximum absolute atomic E-state index is 13.8. The van der Waals surface area contributed by atoms with Crippen molar-refractivity contribution in [1.29, 1.82) is 0 Å². The first kappa shape index (κ1) is 20.7. The number of carbonyl (C=O) groups excluding carboxylic acids is 1. The van der Waals surface area contributed by atoms with Crippen molar-refractivity contribution in [3.05, 3.63) is 93.2 Å². The third-order valence-electron chi connectivity index (χ3n) is 4.71. The predicted octanol–water partition coefficient (Wildman–Crippen LogP) is 5.20. The summed E-state index contributed by atoms with van der Waals surface area (Å²) < 4.78 is 46.7. The lowest BCUT2D eigenvalue weighted by molar-refractivity contribution is 0.0535. The molecule has 154 valence electrons. The zero-order valence-electron chi connectivity index (χ0n) is 15.3. The maximum atomic E-state index is 13.8. The average molecular weight is 466 g/mol. The molecule has 1 aliphatic rings. The normalized spacial score (nSPS) is 13.1. The van der Waals surface area contributed by atoms with Crippen molar-refractivity contribution in [2.45, 2.75) is 18.0 Å². The first-order valence-corrected chi connectivity index (χ1v) is 11.0. The van der Waals surface area contributed by atoms with E-state index in [1.54, 1.807) is 30.3 Å². The molecule has 3 aromatic rings. The van der Waals surface area contributed by atoms with Crippen molar-refractivity contribution in [2.75, 3.05) is 4.31 Å². The summed E-state index contributed by atoms with van der Waals surface area (Å²) in [5, 5.41) is 0.560. The van der Waals surface area contributed by atoms with Gasteiger partial charge in [0, 0.05) is 21.2 Å². The van der Waals surface area contributed by atoms with E-state index < -0.39 is 21.8 Å². The second kappa shape index (κ2) is 7.91. The number of ether oxygens (including phenoxy) is 1. The van der Waals surface area contributed by atoms with E-state index in [1.807, 2.05) is 0 Å². The van der Waals surface area contributed by atoms with Crippen LogP contribution in [-0.4, -0.2) is 14.4 Å². The lowest BCUT2D eigenvalue weighted by Gasteiger charge is -2.26. The zero-order valence-corrected chi connectivity index (χ0v) is 17.6. The van der Waals surface area contributed by atoms with Crippen molar-refractivity contribution < 1.29 is 22.3 Å². The van der Waals surface area contributed by atoms with Crippen LogP contribution in [0.1, 0.15) is 21.5 Å². The Hall–Kier alpha value is -2.61. The fourth-order valence-electron chi connectivity index (χ4n) is 3.15. The minimum Gasteiger partial charge on any atom is -0.457 e. The minimum absolute atomic E-state index is 0.126. The van der Waals surface area contributed by atoms with Crippen LogP contribution in [0.5, 0.6) is 0 Å². The molecule has 1 aliphatic heterocycles. The topological polar surface area (TPSA) is 63.7 Å². The highest BCUT2D eigenvalue weighted by Gasteiger charge is 2.30. The first-order chi connectivity index (χ1) is 14.3. The van der Waals surface area contributed by atoms with Gasteiger partial charge in [-0.25, -0.2) is 17.6 Å². The Labute approximate surface area is 182 Å². The van der Waals surface area contributed by atoms with E-state index in [2.05, 4.69) is 0 Å². The Morgan fingerprint density at radius 2 is 1.70 bits per heavy atom. The summed E-state index contributed by atoms with van der Waals surface area (Å²) in [6.45, 7) is -0.0907. The Kier molecular flexibility index (Phi) is 5.44. The van der Waals surface area contributed by atoms with Crippen molar-refractivity contribution in [3.8, 4) is 0 Å². The van der Waals surface area contributed by atoms with Crippen LogP contribution in [0.2, 0.25) is 10.0 Å². The lowest BCUT2D eigenvalue weighted by atomic mass is 10.1. The molecule has 0 aliphatic carbocycles. The molecular formula is C21H14Cl2FNO4S. The van der Waals surface area contributed by atoms with E-state index in [0.717, 1.165) is 16.4 Å². The van der Waals surface area contributed by atoms with Gasteiger partial charge in [-0.05, 0) is 42.5 Å². The monoisotopic (exact) mass is 465 g/mol. The van der Waals surface area contributed by atoms with Gasteiger partial charge in [0.2, 0.25) is 0 Å². The van der Waals surface area contributed by atoms with Crippen molar-refractivity contribution in [2.24, 2.45) is 0 Å². The van der Waals surface area contributed by atoms with Gasteiger partial charge in [-0.3, -0.25) is 4.31 Å². The summed E-state index contributed by atoms with van der Waals surface area (Å²) in [4.78, 5) is 11.7. The number of halogens is 3. The molecule has 9 heteroatoms. The van der Waals surface area contributed by atoms with Gasteiger partial charge in [0.15, 0.2) is 0 Å². The molecule has 0 radical (unpaired) electrons. The van der Waals surface area contributed by atoms with Gasteiger partial charge in [0.05, 0.1) is 22.7 Å². The van der Waals surface area contributed by atoms with Crippen molar-refractivity contribution >= 4 is 44.9 Å². The summed E-state index contributed by atoms with van der Waals surface area (Å²) in [6, 6.07) is 14.1. The molecule has 0 N–H and O–H groups in total. The molecule has 0 amide bonds. The van der Waals surface area contributed by atoms with Crippen LogP contribution in [0.15, 0.2) is 65.6 Å². The maximum Gasteiger partial charge on any atom is 0.338 e. The van der Waals surface area contributed by atoms with Crippen LogP contribution < -0.4 is 4.31 Å². The Morgan fingerprint density at radius 3 is 2.40 bits per heavy atom. The van der Waals surface area contributed by atoms with Gasteiger partial charge in [0.25, 0.3) is 10.0 Å². The molecule has 3 aromatic carbocycles. The standard InChI is InChI=1S/C21H14Cl2FNO4S/c22-19-5-2-6-20(23)18(19)11-25(30(27,28)16-4-1-3-14(24)9-16)15-8-7-13-12-29-21(26)17(13)10-15/h1-10H,11-12H2. The fourth-order valence-corrected chi connectivity index (χ4v) is 5.13. The van der Waals surface area contributed by atoms with Gasteiger partial charge < -0.3 is 4.74 Å². The van der Waals surface area contributed by atoms with Gasteiger partial charge >= 0.3 is 5.97 Å². The Morgan fingerprint density at radius 1 is 1.00 bits per heavy atom. The van der Waals surface area contributed by atoms with Crippen molar-refractivity contribution in [1.82, 2.24) is 0 Å². The number of cyclic esters (lactones) is 1. The molecule has 0 saturated heterocycles. The van der Waals surface area contributed by atoms with Crippen molar-refractivity contribution in [3.63, 3.8) is 0 Å². The fraction of sp³-hybridized carbons (Fsp3) is 0.0952. The highest BCUT2D eigenvalue weighted by molar-refractivity contribution is 7.92. The summed E-state index contributed by atoms with van der Waals surface area (Å²) in [5.41, 5.74) is 1.51. The summed E-state index contributed by atoms with van der Waals surface area (Å²) >= 11 is 12.5. The number of hydrogen-bond donors (Lipinski definition) is 0. The number of nitrogens with zero attached hydrogens (tertiary/aromatic N) is 1. The number of sulfonamides is 1. The molecule has 30 heavy (non-hydrogen) atoms. The molecule has 0 fully saturated rings. The van der Waals surface area contributed by atoms with Crippen LogP contribution >= 0.6 is 23.2 Å². The lowest BCUT2D eigenvalue weighted by Crippen LogP contribution is -2.31. The largest absolute Gasteiger partial charge is 0.457 e. The van der Waals surface area contributed by atoms with Gasteiger partial charge in [-0.15, -0.1) is 0 Å². The van der Waals surface area contributed by atoms with Gasteiger partial charge in [-0.1, -0.05) is 41.4 Å². The first-order valence-electron chi connectivity index (χ1n) is 8.78. The molecule has 0 bridgehead atoms. The van der Waals surface area contributed by atoms with Crippen LogP contribution in [0.3, 0.4) is 0 Å². The number of hydrogen-bond acceptors (Lipinski definition) is 4.